The highest BCUT2D eigenvalue weighted by molar-refractivity contribution is 7.90. The summed E-state index contributed by atoms with van der Waals surface area (Å²) in [6, 6.07) is 7.59. The third-order valence-electron chi connectivity index (χ3n) is 4.83. The normalized spacial score (nSPS) is 19.6. The fourth-order valence-corrected chi connectivity index (χ4v) is 4.98. The molecule has 0 aromatic heterocycles. The Morgan fingerprint density at radius 3 is 2.60 bits per heavy atom. The van der Waals surface area contributed by atoms with E-state index >= 15 is 0 Å². The van der Waals surface area contributed by atoms with E-state index in [9.17, 15) is 13.2 Å². The van der Waals surface area contributed by atoms with Crippen LogP contribution in [-0.4, -0.2) is 50.1 Å². The maximum Gasteiger partial charge on any atom is 0.257 e. The highest BCUT2D eigenvalue weighted by atomic mass is 32.2. The van der Waals surface area contributed by atoms with Crippen molar-refractivity contribution in [2.24, 2.45) is 5.92 Å². The first-order valence-corrected chi connectivity index (χ1v) is 10.4. The van der Waals surface area contributed by atoms with Crippen LogP contribution in [-0.2, 0) is 14.8 Å². The van der Waals surface area contributed by atoms with Crippen molar-refractivity contribution in [3.05, 3.63) is 29.8 Å². The summed E-state index contributed by atoms with van der Waals surface area (Å²) in [5.41, 5.74) is 1.09. The quantitative estimate of drug-likeness (QED) is 0.797. The van der Waals surface area contributed by atoms with E-state index in [1.807, 2.05) is 31.2 Å². The van der Waals surface area contributed by atoms with Crippen molar-refractivity contribution in [2.45, 2.75) is 37.9 Å². The Hall–Kier alpha value is -1.60. The van der Waals surface area contributed by atoms with Gasteiger partial charge in [-0.25, -0.2) is 12.7 Å². The van der Waals surface area contributed by atoms with E-state index in [-0.39, 0.29) is 17.8 Å². The van der Waals surface area contributed by atoms with Crippen LogP contribution in [0.2, 0.25) is 0 Å². The molecule has 138 valence electrons. The van der Waals surface area contributed by atoms with Gasteiger partial charge in [0.15, 0.2) is 6.61 Å². The van der Waals surface area contributed by atoms with Crippen LogP contribution in [0, 0.1) is 12.8 Å². The van der Waals surface area contributed by atoms with Crippen LogP contribution in [0.15, 0.2) is 24.3 Å². The lowest BCUT2D eigenvalue weighted by atomic mass is 9.98. The molecule has 0 atom stereocenters. The van der Waals surface area contributed by atoms with Crippen molar-refractivity contribution in [3.63, 3.8) is 0 Å². The van der Waals surface area contributed by atoms with E-state index in [1.165, 1.54) is 0 Å². The molecule has 2 aliphatic rings. The molecule has 0 unspecified atom stereocenters. The molecule has 1 N–H and O–H groups in total. The van der Waals surface area contributed by atoms with E-state index < -0.39 is 10.0 Å². The number of hydrogen-bond acceptors (Lipinski definition) is 4. The highest BCUT2D eigenvalue weighted by Gasteiger charge is 2.41. The highest BCUT2D eigenvalue weighted by Crippen LogP contribution is 2.33. The first-order chi connectivity index (χ1) is 11.9. The molecule has 1 amide bonds. The molecule has 0 radical (unpaired) electrons. The molecule has 0 bridgehead atoms. The molecule has 1 saturated heterocycles. The lowest BCUT2D eigenvalue weighted by molar-refractivity contribution is -0.123. The van der Waals surface area contributed by atoms with Crippen LogP contribution in [0.25, 0.3) is 0 Å². The summed E-state index contributed by atoms with van der Waals surface area (Å²) in [4.78, 5) is 11.9. The second-order valence-corrected chi connectivity index (χ2v) is 9.21. The molecule has 1 aromatic rings. The molecule has 1 aliphatic heterocycles. The number of sulfonamides is 1. The second kappa shape index (κ2) is 7.74. The smallest absolute Gasteiger partial charge is 0.257 e. The summed E-state index contributed by atoms with van der Waals surface area (Å²) in [5, 5.41) is 2.76. The molecule has 25 heavy (non-hydrogen) atoms. The first kappa shape index (κ1) is 18.2. The second-order valence-electron chi connectivity index (χ2n) is 7.00. The molecular formula is C18H26N2O4S. The summed E-state index contributed by atoms with van der Waals surface area (Å²) in [7, 11) is -3.06. The van der Waals surface area contributed by atoms with Gasteiger partial charge in [-0.3, -0.25) is 4.79 Å². The summed E-state index contributed by atoms with van der Waals surface area (Å²) >= 11 is 0. The monoisotopic (exact) mass is 366 g/mol. The standard InChI is InChI=1S/C18H26N2O4S/c1-14-3-2-4-16(11-14)24-13-18(21)19-12-15-7-9-20(10-8-15)25(22,23)17-5-6-17/h2-4,11,15,17H,5-10,12-13H2,1H3,(H,19,21). The molecular weight excluding hydrogens is 340 g/mol. The van der Waals surface area contributed by atoms with Gasteiger partial charge in [-0.15, -0.1) is 0 Å². The zero-order chi connectivity index (χ0) is 17.9. The first-order valence-electron chi connectivity index (χ1n) is 8.90. The predicted octanol–water partition coefficient (Wildman–Crippen LogP) is 1.69. The topological polar surface area (TPSA) is 75.7 Å². The van der Waals surface area contributed by atoms with Crippen LogP contribution >= 0.6 is 0 Å². The minimum Gasteiger partial charge on any atom is -0.484 e. The lowest BCUT2D eigenvalue weighted by Gasteiger charge is -2.31. The zero-order valence-electron chi connectivity index (χ0n) is 14.6. The number of carbonyl (C=O) groups excluding carboxylic acids is 1. The van der Waals surface area contributed by atoms with E-state index in [0.717, 1.165) is 31.2 Å². The van der Waals surface area contributed by atoms with Gasteiger partial charge in [0, 0.05) is 19.6 Å². The number of ether oxygens (including phenoxy) is 1. The summed E-state index contributed by atoms with van der Waals surface area (Å²) in [5.74, 6) is 0.872. The van der Waals surface area contributed by atoms with Gasteiger partial charge in [0.1, 0.15) is 5.75 Å². The van der Waals surface area contributed by atoms with Crippen molar-refractivity contribution in [1.82, 2.24) is 9.62 Å². The number of hydrogen-bond donors (Lipinski definition) is 1. The van der Waals surface area contributed by atoms with Crippen molar-refractivity contribution in [3.8, 4) is 5.75 Å². The Labute approximate surface area is 149 Å². The lowest BCUT2D eigenvalue weighted by Crippen LogP contribution is -2.43. The van der Waals surface area contributed by atoms with Crippen LogP contribution in [0.3, 0.4) is 0 Å². The summed E-state index contributed by atoms with van der Waals surface area (Å²) in [6.07, 6.45) is 3.20. The maximum atomic E-state index is 12.2. The Kier molecular flexibility index (Phi) is 5.64. The number of piperidine rings is 1. The fraction of sp³-hybridized carbons (Fsp3) is 0.611. The van der Waals surface area contributed by atoms with Crippen molar-refractivity contribution in [2.75, 3.05) is 26.2 Å². The minimum atomic E-state index is -3.06. The Bertz CT molecular complexity index is 708. The fourth-order valence-electron chi connectivity index (χ4n) is 3.11. The third kappa shape index (κ3) is 4.95. The molecule has 1 saturated carbocycles. The third-order valence-corrected chi connectivity index (χ3v) is 7.23. The molecule has 6 nitrogen and oxygen atoms in total. The zero-order valence-corrected chi connectivity index (χ0v) is 15.4. The van der Waals surface area contributed by atoms with Gasteiger partial charge >= 0.3 is 0 Å². The van der Waals surface area contributed by atoms with Crippen molar-refractivity contribution in [1.29, 1.82) is 0 Å². The number of benzene rings is 1. The largest absolute Gasteiger partial charge is 0.484 e. The molecule has 3 rings (SSSR count). The SMILES string of the molecule is Cc1cccc(OCC(=O)NCC2CCN(S(=O)(=O)C3CC3)CC2)c1. The van der Waals surface area contributed by atoms with Crippen molar-refractivity contribution >= 4 is 15.9 Å². The van der Waals surface area contributed by atoms with E-state index in [0.29, 0.717) is 31.3 Å². The predicted molar refractivity (Wildman–Crippen MR) is 95.9 cm³/mol. The van der Waals surface area contributed by atoms with E-state index in [1.54, 1.807) is 4.31 Å². The van der Waals surface area contributed by atoms with Gasteiger partial charge < -0.3 is 10.1 Å². The molecule has 0 spiro atoms. The Balaban J connectivity index is 1.36. The van der Waals surface area contributed by atoms with Crippen LogP contribution in [0.5, 0.6) is 5.75 Å². The maximum absolute atomic E-state index is 12.2. The molecule has 1 aliphatic carbocycles. The van der Waals surface area contributed by atoms with Crippen molar-refractivity contribution < 1.29 is 17.9 Å². The van der Waals surface area contributed by atoms with E-state index in [2.05, 4.69) is 5.32 Å². The van der Waals surface area contributed by atoms with Gasteiger partial charge in [-0.05, 0) is 56.2 Å². The summed E-state index contributed by atoms with van der Waals surface area (Å²) in [6.45, 7) is 3.69. The molecule has 7 heteroatoms. The van der Waals surface area contributed by atoms with Crippen LogP contribution < -0.4 is 10.1 Å². The number of carbonyl (C=O) groups is 1. The van der Waals surface area contributed by atoms with Gasteiger partial charge in [0.25, 0.3) is 5.91 Å². The Morgan fingerprint density at radius 2 is 1.96 bits per heavy atom. The number of rotatable bonds is 7. The number of aryl methyl sites for hydroxylation is 1. The summed E-state index contributed by atoms with van der Waals surface area (Å²) < 4.78 is 31.5. The van der Waals surface area contributed by atoms with Gasteiger partial charge in [0.05, 0.1) is 5.25 Å². The minimum absolute atomic E-state index is 0.00163. The molecule has 1 heterocycles. The van der Waals surface area contributed by atoms with Crippen LogP contribution in [0.4, 0.5) is 0 Å². The average Bonchev–Trinajstić information content (AvgIpc) is 3.44. The van der Waals surface area contributed by atoms with Gasteiger partial charge in [0.2, 0.25) is 10.0 Å². The number of amides is 1. The molecule has 2 fully saturated rings. The van der Waals surface area contributed by atoms with Gasteiger partial charge in [-0.1, -0.05) is 12.1 Å². The van der Waals surface area contributed by atoms with E-state index in [4.69, 9.17) is 4.74 Å². The Morgan fingerprint density at radius 1 is 1.24 bits per heavy atom. The molecule has 1 aromatic carbocycles. The number of nitrogens with zero attached hydrogens (tertiary/aromatic N) is 1. The van der Waals surface area contributed by atoms with Crippen LogP contribution in [0.1, 0.15) is 31.2 Å². The average molecular weight is 366 g/mol. The van der Waals surface area contributed by atoms with Gasteiger partial charge in [-0.2, -0.15) is 0 Å². The number of nitrogens with one attached hydrogen (secondary N) is 1.